The van der Waals surface area contributed by atoms with Crippen molar-refractivity contribution in [1.82, 2.24) is 15.1 Å². The fourth-order valence-corrected chi connectivity index (χ4v) is 3.75. The van der Waals surface area contributed by atoms with Crippen LogP contribution in [-0.4, -0.2) is 59.1 Å². The normalized spacial score (nSPS) is 28.0. The molecule has 0 aromatic heterocycles. The Morgan fingerprint density at radius 3 is 2.43 bits per heavy atom. The van der Waals surface area contributed by atoms with Crippen LogP contribution in [0.15, 0.2) is 30.3 Å². The Labute approximate surface area is 136 Å². The van der Waals surface area contributed by atoms with Crippen LogP contribution in [0.3, 0.4) is 0 Å². The molecule has 0 aliphatic carbocycles. The Morgan fingerprint density at radius 2 is 1.83 bits per heavy atom. The molecule has 2 aliphatic rings. The summed E-state index contributed by atoms with van der Waals surface area (Å²) in [6.45, 7) is 4.22. The van der Waals surface area contributed by atoms with Gasteiger partial charge >= 0.3 is 6.09 Å². The Bertz CT molecular complexity index is 586. The highest BCUT2D eigenvalue weighted by Gasteiger charge is 2.50. The third-order valence-electron chi connectivity index (χ3n) is 5.06. The lowest BCUT2D eigenvalue weighted by molar-refractivity contribution is -0.137. The van der Waals surface area contributed by atoms with Crippen molar-refractivity contribution in [3.63, 3.8) is 0 Å². The molecular weight excluding hydrogens is 294 g/mol. The third kappa shape index (κ3) is 2.67. The van der Waals surface area contributed by atoms with Gasteiger partial charge in [-0.3, -0.25) is 9.69 Å². The van der Waals surface area contributed by atoms with E-state index in [1.54, 1.807) is 0 Å². The van der Waals surface area contributed by atoms with Gasteiger partial charge in [0.15, 0.2) is 0 Å². The van der Waals surface area contributed by atoms with Gasteiger partial charge in [0.25, 0.3) is 0 Å². The van der Waals surface area contributed by atoms with Crippen molar-refractivity contribution in [1.29, 1.82) is 0 Å². The first kappa shape index (κ1) is 15.8. The maximum absolute atomic E-state index is 13.0. The first-order chi connectivity index (χ1) is 11.0. The topological polar surface area (TPSA) is 72.9 Å². The van der Waals surface area contributed by atoms with E-state index in [-0.39, 0.29) is 5.91 Å². The molecule has 2 amide bonds. The Balaban J connectivity index is 2.01. The Kier molecular flexibility index (Phi) is 4.26. The molecule has 2 heterocycles. The van der Waals surface area contributed by atoms with Gasteiger partial charge in [0.1, 0.15) is 6.04 Å². The van der Waals surface area contributed by atoms with Crippen molar-refractivity contribution >= 4 is 12.0 Å². The van der Waals surface area contributed by atoms with Crippen molar-refractivity contribution in [3.8, 4) is 0 Å². The number of carboxylic acid groups (broad SMARTS) is 1. The SMILES string of the molecule is CC1(c2ccccc2)C(C(=O)N2CCCC2)NCCN1C(=O)O. The molecule has 2 aliphatic heterocycles. The predicted molar refractivity (Wildman–Crippen MR) is 86.1 cm³/mol. The zero-order valence-electron chi connectivity index (χ0n) is 13.4. The first-order valence-electron chi connectivity index (χ1n) is 8.13. The number of likely N-dealkylation sites (tertiary alicyclic amines) is 1. The largest absolute Gasteiger partial charge is 0.465 e. The van der Waals surface area contributed by atoms with E-state index in [4.69, 9.17) is 0 Å². The zero-order chi connectivity index (χ0) is 16.4. The van der Waals surface area contributed by atoms with Crippen LogP contribution in [-0.2, 0) is 10.3 Å². The van der Waals surface area contributed by atoms with Crippen LogP contribution in [0.1, 0.15) is 25.3 Å². The third-order valence-corrected chi connectivity index (χ3v) is 5.06. The first-order valence-corrected chi connectivity index (χ1v) is 8.13. The molecule has 1 aromatic carbocycles. The Morgan fingerprint density at radius 1 is 1.17 bits per heavy atom. The van der Waals surface area contributed by atoms with Crippen LogP contribution in [0.25, 0.3) is 0 Å². The molecule has 1 aromatic rings. The fourth-order valence-electron chi connectivity index (χ4n) is 3.75. The van der Waals surface area contributed by atoms with E-state index in [0.717, 1.165) is 31.5 Å². The highest BCUT2D eigenvalue weighted by Crippen LogP contribution is 2.35. The summed E-state index contributed by atoms with van der Waals surface area (Å²) in [5.74, 6) is -0.000182. The van der Waals surface area contributed by atoms with E-state index in [1.165, 1.54) is 4.90 Å². The lowest BCUT2D eigenvalue weighted by Crippen LogP contribution is -2.69. The van der Waals surface area contributed by atoms with Gasteiger partial charge in [-0.05, 0) is 25.3 Å². The predicted octanol–water partition coefficient (Wildman–Crippen LogP) is 1.48. The average Bonchev–Trinajstić information content (AvgIpc) is 3.09. The van der Waals surface area contributed by atoms with Gasteiger partial charge in [-0.1, -0.05) is 30.3 Å². The summed E-state index contributed by atoms with van der Waals surface area (Å²) in [5.41, 5.74) is -0.0717. The number of hydrogen-bond donors (Lipinski definition) is 2. The van der Waals surface area contributed by atoms with Crippen LogP contribution in [0, 0.1) is 0 Å². The fraction of sp³-hybridized carbons (Fsp3) is 0.529. The molecule has 6 heteroatoms. The zero-order valence-corrected chi connectivity index (χ0v) is 13.4. The van der Waals surface area contributed by atoms with Gasteiger partial charge in [-0.2, -0.15) is 0 Å². The molecule has 2 fully saturated rings. The molecule has 2 atom stereocenters. The van der Waals surface area contributed by atoms with Gasteiger partial charge in [-0.25, -0.2) is 4.79 Å². The van der Waals surface area contributed by atoms with Crippen LogP contribution >= 0.6 is 0 Å². The van der Waals surface area contributed by atoms with Crippen LogP contribution in [0.4, 0.5) is 4.79 Å². The number of nitrogens with one attached hydrogen (secondary N) is 1. The van der Waals surface area contributed by atoms with Crippen molar-refractivity contribution in [2.75, 3.05) is 26.2 Å². The van der Waals surface area contributed by atoms with E-state index >= 15 is 0 Å². The molecular formula is C17H23N3O3. The van der Waals surface area contributed by atoms with Crippen LogP contribution < -0.4 is 5.32 Å². The second-order valence-electron chi connectivity index (χ2n) is 6.37. The smallest absolute Gasteiger partial charge is 0.408 e. The molecule has 6 nitrogen and oxygen atoms in total. The van der Waals surface area contributed by atoms with E-state index in [9.17, 15) is 14.7 Å². The van der Waals surface area contributed by atoms with Gasteiger partial charge in [0.05, 0.1) is 5.54 Å². The number of carbonyl (C=O) groups excluding carboxylic acids is 1. The van der Waals surface area contributed by atoms with E-state index in [1.807, 2.05) is 42.2 Å². The summed E-state index contributed by atoms with van der Waals surface area (Å²) in [7, 11) is 0. The minimum absolute atomic E-state index is 0.000182. The second-order valence-corrected chi connectivity index (χ2v) is 6.37. The van der Waals surface area contributed by atoms with Gasteiger partial charge in [0.2, 0.25) is 5.91 Å². The maximum Gasteiger partial charge on any atom is 0.408 e. The summed E-state index contributed by atoms with van der Waals surface area (Å²) < 4.78 is 0. The highest BCUT2D eigenvalue weighted by atomic mass is 16.4. The van der Waals surface area contributed by atoms with E-state index in [2.05, 4.69) is 5.32 Å². The Hall–Kier alpha value is -2.08. The minimum Gasteiger partial charge on any atom is -0.465 e. The van der Waals surface area contributed by atoms with E-state index in [0.29, 0.717) is 13.1 Å². The number of hydrogen-bond acceptors (Lipinski definition) is 3. The van der Waals surface area contributed by atoms with Crippen molar-refractivity contribution in [2.45, 2.75) is 31.3 Å². The molecule has 0 saturated carbocycles. The van der Waals surface area contributed by atoms with Gasteiger partial charge < -0.3 is 15.3 Å². The lowest BCUT2D eigenvalue weighted by Gasteiger charge is -2.49. The molecule has 2 N–H and O–H groups in total. The monoisotopic (exact) mass is 317 g/mol. The molecule has 0 radical (unpaired) electrons. The maximum atomic E-state index is 13.0. The van der Waals surface area contributed by atoms with Crippen molar-refractivity contribution in [2.24, 2.45) is 0 Å². The van der Waals surface area contributed by atoms with Gasteiger partial charge in [0, 0.05) is 26.2 Å². The number of nitrogens with zero attached hydrogens (tertiary/aromatic N) is 2. The molecule has 2 unspecified atom stereocenters. The minimum atomic E-state index is -0.989. The van der Waals surface area contributed by atoms with Crippen molar-refractivity contribution < 1.29 is 14.7 Å². The summed E-state index contributed by atoms with van der Waals surface area (Å²) in [6, 6.07) is 8.89. The van der Waals surface area contributed by atoms with Gasteiger partial charge in [-0.15, -0.1) is 0 Å². The summed E-state index contributed by atoms with van der Waals surface area (Å²) in [5, 5.41) is 12.9. The van der Waals surface area contributed by atoms with Crippen LogP contribution in [0.5, 0.6) is 0 Å². The number of carbonyl (C=O) groups is 2. The molecule has 3 rings (SSSR count). The number of amides is 2. The standard InChI is InChI=1S/C17H23N3O3/c1-17(13-7-3-2-4-8-13)14(15(21)19-10-5-6-11-19)18-9-12-20(17)16(22)23/h2-4,7-8,14,18H,5-6,9-12H2,1H3,(H,22,23). The molecule has 23 heavy (non-hydrogen) atoms. The number of piperazine rings is 1. The lowest BCUT2D eigenvalue weighted by atomic mass is 9.80. The summed E-state index contributed by atoms with van der Waals surface area (Å²) in [4.78, 5) is 28.1. The van der Waals surface area contributed by atoms with Crippen LogP contribution in [0.2, 0.25) is 0 Å². The molecule has 0 spiro atoms. The highest BCUT2D eigenvalue weighted by molar-refractivity contribution is 5.85. The number of benzene rings is 1. The van der Waals surface area contributed by atoms with E-state index < -0.39 is 17.7 Å². The molecule has 124 valence electrons. The summed E-state index contributed by atoms with van der Waals surface area (Å²) >= 11 is 0. The molecule has 2 saturated heterocycles. The number of rotatable bonds is 2. The summed E-state index contributed by atoms with van der Waals surface area (Å²) in [6.07, 6.45) is 1.05. The average molecular weight is 317 g/mol. The molecule has 0 bridgehead atoms. The van der Waals surface area contributed by atoms with Crippen molar-refractivity contribution in [3.05, 3.63) is 35.9 Å². The quantitative estimate of drug-likeness (QED) is 0.866. The second kappa shape index (κ2) is 6.20.